The van der Waals surface area contributed by atoms with Crippen LogP contribution in [-0.2, 0) is 9.59 Å². The van der Waals surface area contributed by atoms with Gasteiger partial charge in [0.2, 0.25) is 0 Å². The zero-order chi connectivity index (χ0) is 21.6. The molecule has 2 rings (SSSR count). The molecule has 0 heterocycles. The number of benzene rings is 2. The molecule has 0 spiro atoms. The van der Waals surface area contributed by atoms with Crippen molar-refractivity contribution in [2.75, 3.05) is 0 Å². The van der Waals surface area contributed by atoms with Crippen LogP contribution < -0.4 is 0 Å². The van der Waals surface area contributed by atoms with Crippen molar-refractivity contribution in [1.29, 1.82) is 0 Å². The minimum atomic E-state index is -1.10. The van der Waals surface area contributed by atoms with Gasteiger partial charge in [0.05, 0.1) is 0 Å². The third-order valence-electron chi connectivity index (χ3n) is 4.74. The summed E-state index contributed by atoms with van der Waals surface area (Å²) in [6.07, 6.45) is 3.23. The molecule has 6 heteroatoms. The third kappa shape index (κ3) is 5.72. The van der Waals surface area contributed by atoms with Crippen LogP contribution in [0.3, 0.4) is 0 Å². The summed E-state index contributed by atoms with van der Waals surface area (Å²) in [5.74, 6) is -3.16. The van der Waals surface area contributed by atoms with Crippen molar-refractivity contribution in [3.8, 4) is 11.5 Å². The van der Waals surface area contributed by atoms with Gasteiger partial charge < -0.3 is 20.4 Å². The molecule has 29 heavy (non-hydrogen) atoms. The fourth-order valence-electron chi connectivity index (χ4n) is 3.23. The smallest absolute Gasteiger partial charge is 0.330 e. The average Bonchev–Trinajstić information content (AvgIpc) is 2.67. The second-order valence-electron chi connectivity index (χ2n) is 6.88. The van der Waals surface area contributed by atoms with E-state index < -0.39 is 23.8 Å². The number of para-hydroxylation sites is 2. The number of carbonyl (C=O) groups is 2. The van der Waals surface area contributed by atoms with Gasteiger partial charge in [0, 0.05) is 28.2 Å². The molecule has 0 fully saturated rings. The van der Waals surface area contributed by atoms with Gasteiger partial charge in [-0.25, -0.2) is 9.59 Å². The average molecular weight is 396 g/mol. The van der Waals surface area contributed by atoms with Crippen molar-refractivity contribution in [1.82, 2.24) is 0 Å². The highest BCUT2D eigenvalue weighted by atomic mass is 16.4. The molecule has 152 valence electrons. The quantitative estimate of drug-likeness (QED) is 0.495. The Labute approximate surface area is 169 Å². The van der Waals surface area contributed by atoms with Gasteiger partial charge >= 0.3 is 11.9 Å². The normalized spacial score (nSPS) is 13.3. The minimum absolute atomic E-state index is 0.0392. The molecule has 0 aromatic heterocycles. The van der Waals surface area contributed by atoms with Crippen molar-refractivity contribution in [3.63, 3.8) is 0 Å². The standard InChI is InChI=1S/C23H24O6/c1-14(22(26)27)11-16(12-15(2)23(28)29)13-19(17-7-3-5-9-20(17)24)18-8-4-6-10-21(18)25/h3-12,16,19,24-25H,13H2,1-2H3,(H,26,27)(H,28,29). The maximum absolute atomic E-state index is 11.3. The van der Waals surface area contributed by atoms with Crippen LogP contribution in [0.1, 0.15) is 37.3 Å². The van der Waals surface area contributed by atoms with Gasteiger partial charge in [-0.2, -0.15) is 0 Å². The topological polar surface area (TPSA) is 115 Å². The van der Waals surface area contributed by atoms with E-state index >= 15 is 0 Å². The van der Waals surface area contributed by atoms with Crippen molar-refractivity contribution < 1.29 is 30.0 Å². The van der Waals surface area contributed by atoms with Crippen LogP contribution in [0.4, 0.5) is 0 Å². The predicted molar refractivity (Wildman–Crippen MR) is 109 cm³/mol. The van der Waals surface area contributed by atoms with E-state index in [1.54, 1.807) is 36.4 Å². The highest BCUT2D eigenvalue weighted by Crippen LogP contribution is 2.40. The molecule has 2 aromatic rings. The fourth-order valence-corrected chi connectivity index (χ4v) is 3.23. The number of phenols is 2. The highest BCUT2D eigenvalue weighted by Gasteiger charge is 2.24. The Bertz CT molecular complexity index is 882. The van der Waals surface area contributed by atoms with Gasteiger partial charge in [0.1, 0.15) is 11.5 Å². The summed E-state index contributed by atoms with van der Waals surface area (Å²) in [5.41, 5.74) is 1.28. The zero-order valence-electron chi connectivity index (χ0n) is 16.2. The molecular formula is C23H24O6. The summed E-state index contributed by atoms with van der Waals surface area (Å²) in [4.78, 5) is 22.6. The highest BCUT2D eigenvalue weighted by molar-refractivity contribution is 5.87. The van der Waals surface area contributed by atoms with E-state index in [1.165, 1.54) is 38.1 Å². The summed E-state index contributed by atoms with van der Waals surface area (Å²) < 4.78 is 0. The summed E-state index contributed by atoms with van der Waals surface area (Å²) in [7, 11) is 0. The first kappa shape index (κ1) is 21.8. The molecule has 0 aliphatic heterocycles. The number of aliphatic carboxylic acids is 2. The Kier molecular flexibility index (Phi) is 7.20. The van der Waals surface area contributed by atoms with Crippen LogP contribution in [0.5, 0.6) is 11.5 Å². The van der Waals surface area contributed by atoms with Crippen molar-refractivity contribution in [2.45, 2.75) is 26.2 Å². The van der Waals surface area contributed by atoms with Crippen LogP contribution >= 0.6 is 0 Å². The number of hydrogen-bond acceptors (Lipinski definition) is 4. The Hall–Kier alpha value is -3.54. The summed E-state index contributed by atoms with van der Waals surface area (Å²) in [6, 6.07) is 13.4. The van der Waals surface area contributed by atoms with Gasteiger partial charge in [-0.3, -0.25) is 0 Å². The number of hydrogen-bond donors (Lipinski definition) is 4. The lowest BCUT2D eigenvalue weighted by Gasteiger charge is -2.23. The Morgan fingerprint density at radius 2 is 1.17 bits per heavy atom. The van der Waals surface area contributed by atoms with E-state index in [0.717, 1.165) is 0 Å². The number of carboxylic acid groups (broad SMARTS) is 2. The minimum Gasteiger partial charge on any atom is -0.508 e. The van der Waals surface area contributed by atoms with E-state index in [1.807, 2.05) is 0 Å². The maximum atomic E-state index is 11.3. The zero-order valence-corrected chi connectivity index (χ0v) is 16.2. The molecule has 4 N–H and O–H groups in total. The first-order chi connectivity index (χ1) is 13.7. The largest absolute Gasteiger partial charge is 0.508 e. The van der Waals surface area contributed by atoms with Crippen molar-refractivity contribution in [3.05, 3.63) is 83.0 Å². The Morgan fingerprint density at radius 3 is 1.52 bits per heavy atom. The molecule has 2 aromatic carbocycles. The number of carboxylic acids is 2. The molecule has 6 nitrogen and oxygen atoms in total. The number of rotatable bonds is 8. The van der Waals surface area contributed by atoms with Gasteiger partial charge in [0.25, 0.3) is 0 Å². The number of allylic oxidation sites excluding steroid dienone is 2. The third-order valence-corrected chi connectivity index (χ3v) is 4.74. The molecule has 0 saturated heterocycles. The van der Waals surface area contributed by atoms with E-state index in [0.29, 0.717) is 11.1 Å². The first-order valence-electron chi connectivity index (χ1n) is 9.10. The number of phenolic OH excluding ortho intramolecular Hbond substituents is 2. The lowest BCUT2D eigenvalue weighted by molar-refractivity contribution is -0.133. The molecular weight excluding hydrogens is 372 g/mol. The lowest BCUT2D eigenvalue weighted by Crippen LogP contribution is -2.10. The van der Waals surface area contributed by atoms with Crippen LogP contribution in [0.15, 0.2) is 71.8 Å². The Morgan fingerprint density at radius 1 is 0.793 bits per heavy atom. The molecule has 0 radical (unpaired) electrons. The molecule has 0 saturated carbocycles. The SMILES string of the molecule is CC(=CC(C=C(C)C(=O)O)CC(c1ccccc1O)c1ccccc1O)C(=O)O. The molecule has 0 unspecified atom stereocenters. The molecule has 0 amide bonds. The monoisotopic (exact) mass is 396 g/mol. The summed E-state index contributed by atoms with van der Waals surface area (Å²) >= 11 is 0. The van der Waals surface area contributed by atoms with E-state index in [2.05, 4.69) is 0 Å². The van der Waals surface area contributed by atoms with Crippen LogP contribution in [-0.4, -0.2) is 32.4 Å². The number of aromatic hydroxyl groups is 2. The van der Waals surface area contributed by atoms with E-state index in [4.69, 9.17) is 0 Å². The van der Waals surface area contributed by atoms with Gasteiger partial charge in [0.15, 0.2) is 0 Å². The second kappa shape index (κ2) is 9.59. The molecule has 0 atom stereocenters. The van der Waals surface area contributed by atoms with Crippen molar-refractivity contribution in [2.24, 2.45) is 5.92 Å². The lowest BCUT2D eigenvalue weighted by atomic mass is 9.81. The molecule has 0 aliphatic carbocycles. The summed E-state index contributed by atoms with van der Waals surface area (Å²) in [6.45, 7) is 2.88. The molecule has 0 bridgehead atoms. The first-order valence-corrected chi connectivity index (χ1v) is 9.10. The van der Waals surface area contributed by atoms with E-state index in [9.17, 15) is 30.0 Å². The van der Waals surface area contributed by atoms with Gasteiger partial charge in [-0.05, 0) is 38.3 Å². The fraction of sp³-hybridized carbons (Fsp3) is 0.217. The predicted octanol–water partition coefficient (Wildman–Crippen LogP) is 4.30. The molecule has 0 aliphatic rings. The maximum Gasteiger partial charge on any atom is 0.330 e. The van der Waals surface area contributed by atoms with Gasteiger partial charge in [-0.1, -0.05) is 48.6 Å². The van der Waals surface area contributed by atoms with Crippen molar-refractivity contribution >= 4 is 11.9 Å². The Balaban J connectivity index is 2.58. The van der Waals surface area contributed by atoms with Gasteiger partial charge in [-0.15, -0.1) is 0 Å². The second-order valence-corrected chi connectivity index (χ2v) is 6.88. The van der Waals surface area contributed by atoms with Crippen LogP contribution in [0.2, 0.25) is 0 Å². The van der Waals surface area contributed by atoms with E-state index in [-0.39, 0.29) is 29.1 Å². The van der Waals surface area contributed by atoms with Crippen LogP contribution in [0, 0.1) is 5.92 Å². The van der Waals surface area contributed by atoms with Crippen LogP contribution in [0.25, 0.3) is 0 Å². The summed E-state index contributed by atoms with van der Waals surface area (Å²) in [5, 5.41) is 39.3.